The Hall–Kier alpha value is -3.36. The number of thiophene rings is 1. The van der Waals surface area contributed by atoms with Crippen LogP contribution in [0.5, 0.6) is 5.75 Å². The molecule has 3 aromatic carbocycles. The summed E-state index contributed by atoms with van der Waals surface area (Å²) in [5.41, 5.74) is 2.54. The molecule has 1 amide bonds. The highest BCUT2D eigenvalue weighted by Crippen LogP contribution is 2.32. The van der Waals surface area contributed by atoms with Crippen LogP contribution < -0.4 is 14.4 Å². The quantitative estimate of drug-likeness (QED) is 0.320. The minimum Gasteiger partial charge on any atom is -0.497 e. The van der Waals surface area contributed by atoms with Gasteiger partial charge in [-0.2, -0.15) is 0 Å². The molecule has 1 aromatic heterocycles. The van der Waals surface area contributed by atoms with E-state index in [1.165, 1.54) is 15.6 Å². The number of rotatable bonds is 8. The summed E-state index contributed by atoms with van der Waals surface area (Å²) in [5, 5.41) is 3.86. The number of aryl methyl sites for hydroxylation is 1. The van der Waals surface area contributed by atoms with Crippen molar-refractivity contribution in [3.8, 4) is 5.75 Å². The van der Waals surface area contributed by atoms with E-state index < -0.39 is 10.0 Å². The van der Waals surface area contributed by atoms with Crippen LogP contribution in [0.2, 0.25) is 0 Å². The van der Waals surface area contributed by atoms with Crippen molar-refractivity contribution in [3.05, 3.63) is 88.8 Å². The second-order valence-corrected chi connectivity index (χ2v) is 11.2. The Bertz CT molecular complexity index is 1440. The highest BCUT2D eigenvalue weighted by Gasteiger charge is 2.24. The number of hydrogen-bond acceptors (Lipinski definition) is 5. The molecule has 4 aromatic rings. The van der Waals surface area contributed by atoms with Crippen molar-refractivity contribution in [3.63, 3.8) is 0 Å². The second kappa shape index (κ2) is 10.1. The van der Waals surface area contributed by atoms with Gasteiger partial charge in [-0.05, 0) is 80.3 Å². The summed E-state index contributed by atoms with van der Waals surface area (Å²) < 4.78 is 34.1. The largest absolute Gasteiger partial charge is 0.497 e. The SMILES string of the molecule is CCN(c1ccc2sc(C(=O)NC(C)c3ccc(OC)cc3)cc2c1)S(=O)(=O)c1ccc(C)cc1. The maximum Gasteiger partial charge on any atom is 0.264 e. The molecule has 1 atom stereocenters. The Labute approximate surface area is 210 Å². The van der Waals surface area contributed by atoms with Crippen molar-refractivity contribution in [2.75, 3.05) is 18.0 Å². The smallest absolute Gasteiger partial charge is 0.264 e. The standard InChI is InChI=1S/C27H28N2O4S2/c1-5-29(35(31,32)24-13-6-18(2)7-14-24)22-10-15-25-21(16-22)17-26(34-25)27(30)28-19(3)20-8-11-23(33-4)12-9-20/h6-17,19H,5H2,1-4H3,(H,28,30). The maximum atomic E-state index is 13.3. The lowest BCUT2D eigenvalue weighted by Gasteiger charge is -2.23. The number of anilines is 1. The monoisotopic (exact) mass is 508 g/mol. The molecule has 0 aliphatic carbocycles. The van der Waals surface area contributed by atoms with Crippen LogP contribution in [0.3, 0.4) is 0 Å². The van der Waals surface area contributed by atoms with Crippen molar-refractivity contribution in [1.29, 1.82) is 0 Å². The van der Waals surface area contributed by atoms with E-state index in [-0.39, 0.29) is 16.8 Å². The molecule has 4 rings (SSSR count). The summed E-state index contributed by atoms with van der Waals surface area (Å²) in [6.45, 7) is 5.95. The summed E-state index contributed by atoms with van der Waals surface area (Å²) in [4.78, 5) is 13.8. The number of amides is 1. The highest BCUT2D eigenvalue weighted by atomic mass is 32.2. The lowest BCUT2D eigenvalue weighted by molar-refractivity contribution is 0.0944. The Morgan fingerprint density at radius 3 is 2.34 bits per heavy atom. The summed E-state index contributed by atoms with van der Waals surface area (Å²) in [5.74, 6) is 0.591. The van der Waals surface area contributed by atoms with Crippen LogP contribution in [-0.4, -0.2) is 28.0 Å². The average molecular weight is 509 g/mol. The van der Waals surface area contributed by atoms with Gasteiger partial charge >= 0.3 is 0 Å². The molecule has 0 saturated carbocycles. The van der Waals surface area contributed by atoms with Gasteiger partial charge < -0.3 is 10.1 Å². The first-order valence-corrected chi connectivity index (χ1v) is 13.6. The fourth-order valence-corrected chi connectivity index (χ4v) is 6.28. The number of carbonyl (C=O) groups is 1. The topological polar surface area (TPSA) is 75.7 Å². The molecule has 1 heterocycles. The minimum absolute atomic E-state index is 0.171. The zero-order valence-corrected chi connectivity index (χ0v) is 21.7. The molecular formula is C27H28N2O4S2. The van der Waals surface area contributed by atoms with Gasteiger partial charge in [0.25, 0.3) is 15.9 Å². The van der Waals surface area contributed by atoms with E-state index in [4.69, 9.17) is 4.74 Å². The lowest BCUT2D eigenvalue weighted by Crippen LogP contribution is -2.30. The van der Waals surface area contributed by atoms with Crippen molar-refractivity contribution >= 4 is 43.0 Å². The average Bonchev–Trinajstić information content (AvgIpc) is 3.28. The van der Waals surface area contributed by atoms with Crippen LogP contribution in [0.4, 0.5) is 5.69 Å². The van der Waals surface area contributed by atoms with E-state index in [2.05, 4.69) is 5.32 Å². The first-order valence-electron chi connectivity index (χ1n) is 11.3. The molecule has 0 bridgehead atoms. The highest BCUT2D eigenvalue weighted by molar-refractivity contribution is 7.92. The third kappa shape index (κ3) is 5.18. The van der Waals surface area contributed by atoms with Crippen LogP contribution in [-0.2, 0) is 10.0 Å². The van der Waals surface area contributed by atoms with Gasteiger partial charge in [0.2, 0.25) is 0 Å². The van der Waals surface area contributed by atoms with Crippen LogP contribution in [0, 0.1) is 6.92 Å². The summed E-state index contributed by atoms with van der Waals surface area (Å²) in [7, 11) is -2.09. The predicted molar refractivity (Wildman–Crippen MR) is 142 cm³/mol. The number of ether oxygens (including phenoxy) is 1. The fraction of sp³-hybridized carbons (Fsp3) is 0.222. The van der Waals surface area contributed by atoms with Crippen molar-refractivity contribution < 1.29 is 17.9 Å². The Kier molecular flexibility index (Phi) is 7.14. The molecule has 182 valence electrons. The summed E-state index contributed by atoms with van der Waals surface area (Å²) in [6, 6.07) is 21.5. The number of nitrogens with zero attached hydrogens (tertiary/aromatic N) is 1. The van der Waals surface area contributed by atoms with E-state index in [0.29, 0.717) is 17.1 Å². The molecule has 0 aliphatic heterocycles. The van der Waals surface area contributed by atoms with Gasteiger partial charge in [-0.3, -0.25) is 9.10 Å². The number of fused-ring (bicyclic) bond motifs is 1. The van der Waals surface area contributed by atoms with Gasteiger partial charge in [-0.15, -0.1) is 11.3 Å². The molecule has 0 saturated heterocycles. The molecule has 35 heavy (non-hydrogen) atoms. The van der Waals surface area contributed by atoms with Gasteiger partial charge in [-0.25, -0.2) is 8.42 Å². The first-order chi connectivity index (χ1) is 16.7. The molecule has 0 fully saturated rings. The van der Waals surface area contributed by atoms with E-state index in [1.807, 2.05) is 63.2 Å². The van der Waals surface area contributed by atoms with Crippen molar-refractivity contribution in [2.24, 2.45) is 0 Å². The normalized spacial score (nSPS) is 12.3. The van der Waals surface area contributed by atoms with Crippen LogP contribution in [0.1, 0.15) is 40.7 Å². The lowest BCUT2D eigenvalue weighted by atomic mass is 10.1. The van der Waals surface area contributed by atoms with Gasteiger partial charge in [0.05, 0.1) is 28.6 Å². The minimum atomic E-state index is -3.70. The zero-order chi connectivity index (χ0) is 25.2. The Balaban J connectivity index is 1.57. The van der Waals surface area contributed by atoms with E-state index >= 15 is 0 Å². The number of nitrogens with one attached hydrogen (secondary N) is 1. The van der Waals surface area contributed by atoms with E-state index in [9.17, 15) is 13.2 Å². The van der Waals surface area contributed by atoms with Crippen molar-refractivity contribution in [1.82, 2.24) is 5.32 Å². The van der Waals surface area contributed by atoms with Crippen LogP contribution >= 0.6 is 11.3 Å². The molecule has 8 heteroatoms. The van der Waals surface area contributed by atoms with Crippen molar-refractivity contribution in [2.45, 2.75) is 31.7 Å². The van der Waals surface area contributed by atoms with E-state index in [1.54, 1.807) is 37.4 Å². The fourth-order valence-electron chi connectivity index (χ4n) is 3.87. The maximum absolute atomic E-state index is 13.3. The number of hydrogen-bond donors (Lipinski definition) is 1. The van der Waals surface area contributed by atoms with Gasteiger partial charge in [-0.1, -0.05) is 29.8 Å². The number of sulfonamides is 1. The van der Waals surface area contributed by atoms with Gasteiger partial charge in [0, 0.05) is 11.2 Å². The number of carbonyl (C=O) groups excluding carboxylic acids is 1. The molecule has 1 unspecified atom stereocenters. The molecule has 0 radical (unpaired) electrons. The number of benzene rings is 3. The third-order valence-corrected chi connectivity index (χ3v) is 8.90. The first kappa shape index (κ1) is 24.8. The zero-order valence-electron chi connectivity index (χ0n) is 20.1. The molecule has 0 aliphatic rings. The number of methoxy groups -OCH3 is 1. The predicted octanol–water partition coefficient (Wildman–Crippen LogP) is 5.92. The van der Waals surface area contributed by atoms with E-state index in [0.717, 1.165) is 27.0 Å². The summed E-state index contributed by atoms with van der Waals surface area (Å²) >= 11 is 1.38. The summed E-state index contributed by atoms with van der Waals surface area (Å²) in [6.07, 6.45) is 0. The van der Waals surface area contributed by atoms with Crippen LogP contribution in [0.15, 0.2) is 77.7 Å². The molecule has 6 nitrogen and oxygen atoms in total. The van der Waals surface area contributed by atoms with Crippen LogP contribution in [0.25, 0.3) is 10.1 Å². The second-order valence-electron chi connectivity index (χ2n) is 8.28. The Morgan fingerprint density at radius 1 is 1.03 bits per heavy atom. The Morgan fingerprint density at radius 2 is 1.71 bits per heavy atom. The molecular weight excluding hydrogens is 480 g/mol. The third-order valence-electron chi connectivity index (χ3n) is 5.87. The van der Waals surface area contributed by atoms with Gasteiger partial charge in [0.15, 0.2) is 0 Å². The molecule has 1 N–H and O–H groups in total. The molecule has 0 spiro atoms. The van der Waals surface area contributed by atoms with Gasteiger partial charge in [0.1, 0.15) is 5.75 Å².